The van der Waals surface area contributed by atoms with Crippen molar-refractivity contribution in [2.75, 3.05) is 18.0 Å². The summed E-state index contributed by atoms with van der Waals surface area (Å²) in [6.07, 6.45) is -0.0646. The van der Waals surface area contributed by atoms with Gasteiger partial charge in [-0.25, -0.2) is 0 Å². The Bertz CT molecular complexity index is 446. The van der Waals surface area contributed by atoms with Gasteiger partial charge >= 0.3 is 5.97 Å². The molecule has 0 aliphatic carbocycles. The van der Waals surface area contributed by atoms with Crippen molar-refractivity contribution in [2.45, 2.75) is 39.5 Å². The van der Waals surface area contributed by atoms with E-state index in [1.54, 1.807) is 0 Å². The molecule has 1 unspecified atom stereocenters. The van der Waals surface area contributed by atoms with Crippen molar-refractivity contribution >= 4 is 11.7 Å². The van der Waals surface area contributed by atoms with Crippen molar-refractivity contribution in [1.29, 1.82) is 0 Å². The minimum absolute atomic E-state index is 0.0646. The summed E-state index contributed by atoms with van der Waals surface area (Å²) in [4.78, 5) is 14.0. The summed E-state index contributed by atoms with van der Waals surface area (Å²) in [5.41, 5.74) is 2.35. The topological polar surface area (TPSA) is 41.6 Å². The van der Waals surface area contributed by atoms with Crippen molar-refractivity contribution in [3.05, 3.63) is 29.8 Å². The van der Waals surface area contributed by atoms with E-state index in [1.807, 2.05) is 26.0 Å². The van der Waals surface area contributed by atoms with Gasteiger partial charge in [0.1, 0.15) is 6.54 Å². The maximum Gasteiger partial charge on any atom is 0.325 e. The third-order valence-corrected chi connectivity index (χ3v) is 3.15. The van der Waals surface area contributed by atoms with Gasteiger partial charge in [0, 0.05) is 24.8 Å². The molecule has 0 spiro atoms. The van der Waals surface area contributed by atoms with Crippen LogP contribution in [0.1, 0.15) is 26.3 Å². The summed E-state index contributed by atoms with van der Waals surface area (Å²) in [6, 6.07) is 8.55. The van der Waals surface area contributed by atoms with E-state index in [-0.39, 0.29) is 12.1 Å². The van der Waals surface area contributed by atoms with Gasteiger partial charge in [0.05, 0.1) is 6.10 Å². The molecule has 0 fully saturated rings. The van der Waals surface area contributed by atoms with Gasteiger partial charge in [-0.15, -0.1) is 0 Å². The monoisotopic (exact) mass is 262 g/mol. The van der Waals surface area contributed by atoms with E-state index in [1.165, 1.54) is 5.56 Å². The lowest BCUT2D eigenvalue weighted by Crippen LogP contribution is -2.39. The maximum absolute atomic E-state index is 11.9. The van der Waals surface area contributed by atoms with Gasteiger partial charge in [-0.1, -0.05) is 18.2 Å². The number of hydrogen-bond acceptors (Lipinski definition) is 4. The second kappa shape index (κ2) is 6.06. The lowest BCUT2D eigenvalue weighted by molar-refractivity contribution is -0.145. The molecule has 1 heterocycles. The molecule has 0 amide bonds. The minimum atomic E-state index is -0.168. The first-order valence-electron chi connectivity index (χ1n) is 6.82. The van der Waals surface area contributed by atoms with Crippen molar-refractivity contribution < 1.29 is 9.53 Å². The van der Waals surface area contributed by atoms with Gasteiger partial charge in [-0.2, -0.15) is 0 Å². The van der Waals surface area contributed by atoms with Crippen molar-refractivity contribution in [2.24, 2.45) is 0 Å². The van der Waals surface area contributed by atoms with Crippen LogP contribution in [0.4, 0.5) is 5.69 Å². The largest absolute Gasteiger partial charge is 0.462 e. The number of anilines is 1. The number of esters is 1. The summed E-state index contributed by atoms with van der Waals surface area (Å²) >= 11 is 0. The Balaban J connectivity index is 2.15. The fraction of sp³-hybridized carbons (Fsp3) is 0.533. The molecule has 104 valence electrons. The van der Waals surface area contributed by atoms with Crippen LogP contribution < -0.4 is 10.2 Å². The number of hydrogen-bond donors (Lipinski definition) is 1. The third-order valence-electron chi connectivity index (χ3n) is 3.15. The van der Waals surface area contributed by atoms with Crippen LogP contribution in [0.3, 0.4) is 0 Å². The number of carbonyl (C=O) groups is 1. The molecule has 1 atom stereocenters. The Hall–Kier alpha value is -1.55. The summed E-state index contributed by atoms with van der Waals surface area (Å²) in [6.45, 7) is 7.84. The van der Waals surface area contributed by atoms with Crippen LogP contribution >= 0.6 is 0 Å². The molecular weight excluding hydrogens is 240 g/mol. The predicted molar refractivity (Wildman–Crippen MR) is 76.2 cm³/mol. The van der Waals surface area contributed by atoms with E-state index in [2.05, 4.69) is 29.3 Å². The molecule has 4 heteroatoms. The Morgan fingerprint density at radius 2 is 2.21 bits per heavy atom. The second-order valence-electron chi connectivity index (χ2n) is 5.33. The molecule has 1 aromatic rings. The molecule has 2 rings (SSSR count). The number of carbonyl (C=O) groups excluding carboxylic acids is 1. The Morgan fingerprint density at radius 1 is 1.47 bits per heavy atom. The molecule has 0 saturated heterocycles. The number of nitrogens with zero attached hydrogens (tertiary/aromatic N) is 1. The average molecular weight is 262 g/mol. The summed E-state index contributed by atoms with van der Waals surface area (Å²) in [7, 11) is 0. The minimum Gasteiger partial charge on any atom is -0.462 e. The van der Waals surface area contributed by atoms with Crippen LogP contribution in [0.15, 0.2) is 24.3 Å². The second-order valence-corrected chi connectivity index (χ2v) is 5.33. The fourth-order valence-electron chi connectivity index (χ4n) is 2.35. The maximum atomic E-state index is 11.9. The van der Waals surface area contributed by atoms with Crippen LogP contribution in [0.25, 0.3) is 0 Å². The van der Waals surface area contributed by atoms with Crippen molar-refractivity contribution in [1.82, 2.24) is 5.32 Å². The van der Waals surface area contributed by atoms with E-state index in [0.29, 0.717) is 12.6 Å². The quantitative estimate of drug-likeness (QED) is 0.845. The highest BCUT2D eigenvalue weighted by molar-refractivity contribution is 5.76. The summed E-state index contributed by atoms with van der Waals surface area (Å²) < 4.78 is 5.24. The normalized spacial score (nSPS) is 18.9. The fourth-order valence-corrected chi connectivity index (χ4v) is 2.35. The summed E-state index contributed by atoms with van der Waals surface area (Å²) in [5, 5.41) is 3.45. The Morgan fingerprint density at radius 3 is 2.95 bits per heavy atom. The molecule has 4 nitrogen and oxygen atoms in total. The van der Waals surface area contributed by atoms with Gasteiger partial charge in [-0.05, 0) is 32.4 Å². The number of rotatable bonds is 3. The molecule has 1 aromatic carbocycles. The molecule has 0 radical (unpaired) electrons. The predicted octanol–water partition coefficient (Wildman–Crippen LogP) is 1.94. The lowest BCUT2D eigenvalue weighted by atomic mass is 10.1. The van der Waals surface area contributed by atoms with E-state index in [9.17, 15) is 4.79 Å². The molecule has 0 bridgehead atoms. The zero-order valence-corrected chi connectivity index (χ0v) is 11.8. The molecule has 1 aliphatic heterocycles. The van der Waals surface area contributed by atoms with Gasteiger partial charge in [0.2, 0.25) is 0 Å². The molecule has 1 aliphatic rings. The highest BCUT2D eigenvalue weighted by Crippen LogP contribution is 2.23. The SMILES string of the molecule is CC1CN(CC(=O)OC(C)C)c2ccccc2CN1. The number of ether oxygens (including phenoxy) is 1. The molecule has 0 saturated carbocycles. The van der Waals surface area contributed by atoms with Gasteiger partial charge < -0.3 is 15.0 Å². The van der Waals surface area contributed by atoms with E-state index in [4.69, 9.17) is 4.74 Å². The number of benzene rings is 1. The Labute approximate surface area is 114 Å². The van der Waals surface area contributed by atoms with Crippen LogP contribution in [0.2, 0.25) is 0 Å². The number of fused-ring (bicyclic) bond motifs is 1. The van der Waals surface area contributed by atoms with Gasteiger partial charge in [0.25, 0.3) is 0 Å². The van der Waals surface area contributed by atoms with Crippen LogP contribution in [0, 0.1) is 0 Å². The zero-order valence-electron chi connectivity index (χ0n) is 11.8. The molecule has 0 aromatic heterocycles. The standard InChI is InChI=1S/C15H22N2O2/c1-11(2)19-15(18)10-17-9-12(3)16-8-13-6-4-5-7-14(13)17/h4-7,11-12,16H,8-10H2,1-3H3. The smallest absolute Gasteiger partial charge is 0.325 e. The van der Waals surface area contributed by atoms with E-state index in [0.717, 1.165) is 18.8 Å². The number of nitrogens with one attached hydrogen (secondary N) is 1. The van der Waals surface area contributed by atoms with Crippen LogP contribution in [-0.2, 0) is 16.1 Å². The van der Waals surface area contributed by atoms with Crippen LogP contribution in [-0.4, -0.2) is 31.2 Å². The highest BCUT2D eigenvalue weighted by Gasteiger charge is 2.21. The first-order chi connectivity index (χ1) is 9.06. The number of para-hydroxylation sites is 1. The van der Waals surface area contributed by atoms with Crippen molar-refractivity contribution in [3.8, 4) is 0 Å². The first-order valence-corrected chi connectivity index (χ1v) is 6.82. The highest BCUT2D eigenvalue weighted by atomic mass is 16.5. The average Bonchev–Trinajstić information content (AvgIpc) is 2.49. The molecular formula is C15H22N2O2. The Kier molecular flexibility index (Phi) is 4.43. The molecule has 1 N–H and O–H groups in total. The first kappa shape index (κ1) is 13.9. The van der Waals surface area contributed by atoms with Crippen molar-refractivity contribution in [3.63, 3.8) is 0 Å². The van der Waals surface area contributed by atoms with Crippen LogP contribution in [0.5, 0.6) is 0 Å². The third kappa shape index (κ3) is 3.70. The van der Waals surface area contributed by atoms with E-state index < -0.39 is 0 Å². The summed E-state index contributed by atoms with van der Waals surface area (Å²) in [5.74, 6) is -0.168. The molecule has 19 heavy (non-hydrogen) atoms. The van der Waals surface area contributed by atoms with E-state index >= 15 is 0 Å². The van der Waals surface area contributed by atoms with Gasteiger partial charge in [-0.3, -0.25) is 4.79 Å². The van der Waals surface area contributed by atoms with Gasteiger partial charge in [0.15, 0.2) is 0 Å². The zero-order chi connectivity index (χ0) is 13.8. The lowest BCUT2D eigenvalue weighted by Gasteiger charge is -2.25.